The van der Waals surface area contributed by atoms with Crippen molar-refractivity contribution in [3.63, 3.8) is 0 Å². The van der Waals surface area contributed by atoms with E-state index in [0.29, 0.717) is 22.8 Å². The van der Waals surface area contributed by atoms with E-state index in [9.17, 15) is 4.79 Å². The van der Waals surface area contributed by atoms with E-state index in [2.05, 4.69) is 5.16 Å². The number of oxime groups is 1. The van der Waals surface area contributed by atoms with E-state index in [0.717, 1.165) is 5.56 Å². The molecule has 0 amide bonds. The van der Waals surface area contributed by atoms with Gasteiger partial charge in [-0.15, -0.1) is 0 Å². The number of benzene rings is 2. The van der Waals surface area contributed by atoms with Crippen LogP contribution in [0.25, 0.3) is 6.08 Å². The lowest BCUT2D eigenvalue weighted by Gasteiger charge is -2.10. The Balaban J connectivity index is 2.09. The van der Waals surface area contributed by atoms with Crippen molar-refractivity contribution in [2.24, 2.45) is 5.16 Å². The lowest BCUT2D eigenvalue weighted by Crippen LogP contribution is -2.13. The van der Waals surface area contributed by atoms with Gasteiger partial charge in [-0.05, 0) is 42.8 Å². The first-order valence-corrected chi connectivity index (χ1v) is 8.62. The van der Waals surface area contributed by atoms with Crippen molar-refractivity contribution in [3.05, 3.63) is 65.4 Å². The molecule has 0 radical (unpaired) electrons. The number of methoxy groups -OCH3 is 1. The molecule has 0 fully saturated rings. The largest absolute Gasteiger partial charge is 0.497 e. The van der Waals surface area contributed by atoms with Gasteiger partial charge in [0.05, 0.1) is 13.7 Å². The van der Waals surface area contributed by atoms with Crippen LogP contribution in [0.15, 0.2) is 59.4 Å². The Hall–Kier alpha value is -3.48. The summed E-state index contributed by atoms with van der Waals surface area (Å²) in [4.78, 5) is 16.0. The summed E-state index contributed by atoms with van der Waals surface area (Å²) >= 11 is 0. The zero-order valence-corrected chi connectivity index (χ0v) is 16.0. The van der Waals surface area contributed by atoms with Crippen LogP contribution in [0.5, 0.6) is 11.5 Å². The van der Waals surface area contributed by atoms with E-state index in [1.807, 2.05) is 24.3 Å². The molecule has 1 N–H and O–H groups in total. The van der Waals surface area contributed by atoms with E-state index < -0.39 is 5.97 Å². The molecular weight excluding hydrogens is 362 g/mol. The summed E-state index contributed by atoms with van der Waals surface area (Å²) in [5.41, 5.74) is 2.12. The van der Waals surface area contributed by atoms with Crippen LogP contribution in [0, 0.1) is 0 Å². The third-order valence-electron chi connectivity index (χ3n) is 3.67. The Morgan fingerprint density at radius 3 is 2.46 bits per heavy atom. The van der Waals surface area contributed by atoms with E-state index in [-0.39, 0.29) is 19.0 Å². The summed E-state index contributed by atoms with van der Waals surface area (Å²) in [6.07, 6.45) is 1.46. The van der Waals surface area contributed by atoms with Gasteiger partial charge in [0.25, 0.3) is 0 Å². The molecule has 7 nitrogen and oxygen atoms in total. The van der Waals surface area contributed by atoms with Gasteiger partial charge in [0, 0.05) is 5.56 Å². The Morgan fingerprint density at radius 2 is 1.86 bits per heavy atom. The number of carbonyl (C=O) groups is 1. The molecule has 0 aliphatic heterocycles. The van der Waals surface area contributed by atoms with Gasteiger partial charge in [-0.1, -0.05) is 29.4 Å². The zero-order chi connectivity index (χ0) is 20.4. The molecule has 7 heteroatoms. The highest BCUT2D eigenvalue weighted by atomic mass is 16.6. The Morgan fingerprint density at radius 1 is 1.11 bits per heavy atom. The smallest absolute Gasteiger partial charge is 0.371 e. The molecule has 0 aliphatic carbocycles. The maximum absolute atomic E-state index is 11.1. The minimum Gasteiger partial charge on any atom is -0.497 e. The summed E-state index contributed by atoms with van der Waals surface area (Å²) in [7, 11) is 3.07. The molecule has 0 aliphatic rings. The van der Waals surface area contributed by atoms with E-state index in [4.69, 9.17) is 24.2 Å². The van der Waals surface area contributed by atoms with Crippen molar-refractivity contribution >= 4 is 17.8 Å². The number of hydrogen-bond acceptors (Lipinski definition) is 6. The molecule has 0 saturated carbocycles. The second-order valence-corrected chi connectivity index (χ2v) is 5.56. The first kappa shape index (κ1) is 20.8. The second-order valence-electron chi connectivity index (χ2n) is 5.56. The monoisotopic (exact) mass is 385 g/mol. The fraction of sp³-hybridized carbons (Fsp3) is 0.238. The minimum atomic E-state index is -1.11. The molecule has 0 bridgehead atoms. The third-order valence-corrected chi connectivity index (χ3v) is 3.67. The number of carboxylic acids is 1. The van der Waals surface area contributed by atoms with Crippen LogP contribution < -0.4 is 9.47 Å². The van der Waals surface area contributed by atoms with Crippen LogP contribution in [0.4, 0.5) is 0 Å². The van der Waals surface area contributed by atoms with Gasteiger partial charge in [-0.3, -0.25) is 0 Å². The van der Waals surface area contributed by atoms with Crippen molar-refractivity contribution in [1.82, 2.24) is 0 Å². The summed E-state index contributed by atoms with van der Waals surface area (Å²) in [5, 5.41) is 13.1. The van der Waals surface area contributed by atoms with Crippen LogP contribution in [0.2, 0.25) is 0 Å². The van der Waals surface area contributed by atoms with Gasteiger partial charge in [-0.2, -0.15) is 0 Å². The highest BCUT2D eigenvalue weighted by Crippen LogP contribution is 2.17. The van der Waals surface area contributed by atoms with Crippen LogP contribution >= 0.6 is 0 Å². The van der Waals surface area contributed by atoms with Gasteiger partial charge in [-0.25, -0.2) is 4.79 Å². The van der Waals surface area contributed by atoms with Crippen molar-refractivity contribution < 1.29 is 28.9 Å². The zero-order valence-electron chi connectivity index (χ0n) is 16.0. The molecule has 2 aromatic rings. The number of hydrogen-bond donors (Lipinski definition) is 1. The fourth-order valence-corrected chi connectivity index (χ4v) is 2.36. The molecule has 2 rings (SSSR count). The maximum Gasteiger partial charge on any atom is 0.371 e. The lowest BCUT2D eigenvalue weighted by molar-refractivity contribution is -0.136. The Bertz CT molecular complexity index is 842. The topological polar surface area (TPSA) is 86.6 Å². The first-order valence-electron chi connectivity index (χ1n) is 8.62. The highest BCUT2D eigenvalue weighted by Gasteiger charge is 2.09. The summed E-state index contributed by atoms with van der Waals surface area (Å²) < 4.78 is 16.1. The number of ether oxygens (including phenoxy) is 3. The van der Waals surface area contributed by atoms with Gasteiger partial charge in [0.15, 0.2) is 0 Å². The maximum atomic E-state index is 11.1. The molecular formula is C21H23NO6. The van der Waals surface area contributed by atoms with Crippen molar-refractivity contribution in [1.29, 1.82) is 0 Å². The summed E-state index contributed by atoms with van der Waals surface area (Å²) in [6, 6.07) is 14.4. The average Bonchev–Trinajstić information content (AvgIpc) is 2.71. The molecule has 2 aromatic carbocycles. The van der Waals surface area contributed by atoms with Crippen molar-refractivity contribution in [3.8, 4) is 11.5 Å². The summed E-state index contributed by atoms with van der Waals surface area (Å²) in [5.74, 6) is 0.0997. The predicted molar refractivity (Wildman–Crippen MR) is 106 cm³/mol. The van der Waals surface area contributed by atoms with Crippen LogP contribution in [-0.4, -0.2) is 44.2 Å². The minimum absolute atomic E-state index is 0.108. The standard InChI is InChI=1S/C21H23NO6/c1-4-27-20(21(23)24)12-15-8-10-17(11-9-15)28-14-19(22-26-3)16-6-5-7-18(13-16)25-2/h5-13H,4,14H2,1-3H3,(H,23,24). The molecule has 0 atom stereocenters. The van der Waals surface area contributed by atoms with E-state index in [1.54, 1.807) is 38.3 Å². The number of carboxylic acid groups (broad SMARTS) is 1. The van der Waals surface area contributed by atoms with Crippen LogP contribution in [0.3, 0.4) is 0 Å². The highest BCUT2D eigenvalue weighted by molar-refractivity contribution is 6.01. The Labute approximate surface area is 163 Å². The first-order chi connectivity index (χ1) is 13.6. The van der Waals surface area contributed by atoms with E-state index in [1.165, 1.54) is 13.2 Å². The van der Waals surface area contributed by atoms with Gasteiger partial charge < -0.3 is 24.2 Å². The van der Waals surface area contributed by atoms with Gasteiger partial charge in [0.2, 0.25) is 5.76 Å². The molecule has 0 unspecified atom stereocenters. The normalized spacial score (nSPS) is 11.7. The van der Waals surface area contributed by atoms with Crippen LogP contribution in [0.1, 0.15) is 18.1 Å². The lowest BCUT2D eigenvalue weighted by atomic mass is 10.1. The molecule has 28 heavy (non-hydrogen) atoms. The van der Waals surface area contributed by atoms with Crippen molar-refractivity contribution in [2.75, 3.05) is 27.4 Å². The molecule has 0 saturated heterocycles. The molecule has 0 spiro atoms. The van der Waals surface area contributed by atoms with Crippen molar-refractivity contribution in [2.45, 2.75) is 6.92 Å². The molecule has 148 valence electrons. The average molecular weight is 385 g/mol. The van der Waals surface area contributed by atoms with Gasteiger partial charge >= 0.3 is 5.97 Å². The predicted octanol–water partition coefficient (Wildman–Crippen LogP) is 3.59. The molecule has 0 heterocycles. The SMILES string of the molecule is CCOC(=Cc1ccc(OCC(=NOC)c2cccc(OC)c2)cc1)C(=O)O. The number of aliphatic carboxylic acids is 1. The van der Waals surface area contributed by atoms with Crippen LogP contribution in [-0.2, 0) is 14.4 Å². The van der Waals surface area contributed by atoms with Gasteiger partial charge in [0.1, 0.15) is 30.9 Å². The summed E-state index contributed by atoms with van der Waals surface area (Å²) in [6.45, 7) is 2.20. The second kappa shape index (κ2) is 10.6. The number of nitrogens with zero attached hydrogens (tertiary/aromatic N) is 1. The number of rotatable bonds is 10. The van der Waals surface area contributed by atoms with E-state index >= 15 is 0 Å². The fourth-order valence-electron chi connectivity index (χ4n) is 2.36. The molecule has 0 aromatic heterocycles. The third kappa shape index (κ3) is 6.05. The Kier molecular flexibility index (Phi) is 7.90. The quantitative estimate of drug-likeness (QED) is 0.291.